The van der Waals surface area contributed by atoms with Gasteiger partial charge in [0, 0.05) is 0 Å². The van der Waals surface area contributed by atoms with E-state index in [1.807, 2.05) is 0 Å². The minimum absolute atomic E-state index is 0.198. The maximum absolute atomic E-state index is 11.6. The van der Waals surface area contributed by atoms with Crippen LogP contribution >= 0.6 is 0 Å². The second-order valence-corrected chi connectivity index (χ2v) is 8.10. The van der Waals surface area contributed by atoms with Gasteiger partial charge in [-0.15, -0.1) is 0 Å². The molecule has 4 heteroatoms. The van der Waals surface area contributed by atoms with Crippen molar-refractivity contribution in [1.29, 1.82) is 0 Å². The fourth-order valence-corrected chi connectivity index (χ4v) is 6.27. The Bertz CT molecular complexity index is 699. The summed E-state index contributed by atoms with van der Waals surface area (Å²) in [5.41, 5.74) is 2.01. The SMILES string of the molecule is COc1ccc2c(c1)CCC1C2CCC2C1CC1OC(=O)CC12O. The van der Waals surface area contributed by atoms with Crippen LogP contribution in [-0.4, -0.2) is 29.9 Å². The highest BCUT2D eigenvalue weighted by atomic mass is 16.6. The average molecular weight is 328 g/mol. The topological polar surface area (TPSA) is 55.8 Å². The summed E-state index contributed by atoms with van der Waals surface area (Å²) in [5.74, 6) is 2.63. The van der Waals surface area contributed by atoms with Crippen LogP contribution < -0.4 is 4.74 Å². The molecule has 4 aliphatic rings. The molecule has 0 bridgehead atoms. The van der Waals surface area contributed by atoms with E-state index in [1.165, 1.54) is 17.5 Å². The minimum Gasteiger partial charge on any atom is -0.497 e. The molecular weight excluding hydrogens is 304 g/mol. The van der Waals surface area contributed by atoms with Crippen molar-refractivity contribution in [2.75, 3.05) is 7.11 Å². The molecule has 0 radical (unpaired) electrons. The van der Waals surface area contributed by atoms with Gasteiger partial charge in [-0.3, -0.25) is 4.79 Å². The first-order valence-corrected chi connectivity index (χ1v) is 9.19. The highest BCUT2D eigenvalue weighted by molar-refractivity contribution is 5.74. The zero-order valence-corrected chi connectivity index (χ0v) is 14.0. The number of aryl methyl sites for hydroxylation is 1. The predicted octanol–water partition coefficient (Wildman–Crippen LogP) is 2.82. The quantitative estimate of drug-likeness (QED) is 0.806. The van der Waals surface area contributed by atoms with Gasteiger partial charge < -0.3 is 14.6 Å². The number of carbonyl (C=O) groups is 1. The van der Waals surface area contributed by atoms with E-state index in [1.54, 1.807) is 7.11 Å². The molecule has 0 aromatic heterocycles. The lowest BCUT2D eigenvalue weighted by Crippen LogP contribution is -2.44. The zero-order chi connectivity index (χ0) is 16.5. The van der Waals surface area contributed by atoms with Crippen LogP contribution in [-0.2, 0) is 16.0 Å². The molecule has 24 heavy (non-hydrogen) atoms. The summed E-state index contributed by atoms with van der Waals surface area (Å²) in [5, 5.41) is 11.1. The number of hydrogen-bond donors (Lipinski definition) is 1. The number of benzene rings is 1. The van der Waals surface area contributed by atoms with Crippen molar-refractivity contribution in [2.45, 2.75) is 56.1 Å². The lowest BCUT2D eigenvalue weighted by atomic mass is 9.59. The Kier molecular flexibility index (Phi) is 3.06. The summed E-state index contributed by atoms with van der Waals surface area (Å²) >= 11 is 0. The van der Waals surface area contributed by atoms with Gasteiger partial charge in [0.05, 0.1) is 13.5 Å². The lowest BCUT2D eigenvalue weighted by molar-refractivity contribution is -0.142. The minimum atomic E-state index is -0.896. The van der Waals surface area contributed by atoms with E-state index in [0.29, 0.717) is 17.8 Å². The maximum Gasteiger partial charge on any atom is 0.309 e. The van der Waals surface area contributed by atoms with Gasteiger partial charge in [-0.25, -0.2) is 0 Å². The van der Waals surface area contributed by atoms with Crippen LogP contribution in [0, 0.1) is 17.8 Å². The van der Waals surface area contributed by atoms with Gasteiger partial charge >= 0.3 is 5.97 Å². The molecule has 5 rings (SSSR count). The van der Waals surface area contributed by atoms with Gasteiger partial charge in [-0.05, 0) is 79.0 Å². The Morgan fingerprint density at radius 3 is 2.96 bits per heavy atom. The Morgan fingerprint density at radius 1 is 1.25 bits per heavy atom. The molecule has 3 fully saturated rings. The number of fused-ring (bicyclic) bond motifs is 7. The Hall–Kier alpha value is -1.55. The predicted molar refractivity (Wildman–Crippen MR) is 87.8 cm³/mol. The van der Waals surface area contributed by atoms with Gasteiger partial charge in [0.15, 0.2) is 0 Å². The molecule has 1 aromatic rings. The summed E-state index contributed by atoms with van der Waals surface area (Å²) in [6, 6.07) is 6.51. The van der Waals surface area contributed by atoms with E-state index in [9.17, 15) is 9.90 Å². The van der Waals surface area contributed by atoms with Gasteiger partial charge in [-0.1, -0.05) is 6.07 Å². The molecule has 0 amide bonds. The van der Waals surface area contributed by atoms with Crippen LogP contribution in [0.5, 0.6) is 5.75 Å². The normalized spacial score (nSPS) is 42.6. The van der Waals surface area contributed by atoms with Gasteiger partial charge in [-0.2, -0.15) is 0 Å². The molecule has 128 valence electrons. The third kappa shape index (κ3) is 1.86. The molecule has 6 unspecified atom stereocenters. The van der Waals surface area contributed by atoms with E-state index in [0.717, 1.165) is 31.4 Å². The molecule has 6 atom stereocenters. The number of ether oxygens (including phenoxy) is 2. The number of hydrogen-bond acceptors (Lipinski definition) is 4. The summed E-state index contributed by atoms with van der Waals surface area (Å²) in [6.45, 7) is 0. The van der Waals surface area contributed by atoms with Gasteiger partial charge in [0.2, 0.25) is 0 Å². The molecule has 4 nitrogen and oxygen atoms in total. The standard InChI is InChI=1S/C20H24O4/c1-23-12-3-5-13-11(8-12)2-4-15-14(13)6-7-17-16(15)9-18-20(17,22)10-19(21)24-18/h3,5,8,14-18,22H,2,4,6-7,9-10H2,1H3. The van der Waals surface area contributed by atoms with Crippen LogP contribution in [0.3, 0.4) is 0 Å². The second kappa shape index (κ2) is 4.98. The first-order chi connectivity index (χ1) is 11.6. The van der Waals surface area contributed by atoms with E-state index in [4.69, 9.17) is 9.47 Å². The largest absolute Gasteiger partial charge is 0.497 e. The summed E-state index contributed by atoms with van der Waals surface area (Å²) in [6.07, 6.45) is 5.14. The molecule has 1 heterocycles. The fourth-order valence-electron chi connectivity index (χ4n) is 6.27. The molecular formula is C20H24O4. The van der Waals surface area contributed by atoms with Crippen molar-refractivity contribution in [2.24, 2.45) is 17.8 Å². The molecule has 1 aliphatic heterocycles. The number of rotatable bonds is 1. The maximum atomic E-state index is 11.6. The van der Waals surface area contributed by atoms with Crippen LogP contribution in [0.15, 0.2) is 18.2 Å². The van der Waals surface area contributed by atoms with Gasteiger partial charge in [0.25, 0.3) is 0 Å². The molecule has 1 aromatic carbocycles. The molecule has 2 saturated carbocycles. The lowest BCUT2D eigenvalue weighted by Gasteiger charge is -2.46. The average Bonchev–Trinajstić information content (AvgIpc) is 3.02. The van der Waals surface area contributed by atoms with Crippen molar-refractivity contribution in [3.63, 3.8) is 0 Å². The Morgan fingerprint density at radius 2 is 2.12 bits per heavy atom. The fraction of sp³-hybridized carbons (Fsp3) is 0.650. The monoisotopic (exact) mass is 328 g/mol. The summed E-state index contributed by atoms with van der Waals surface area (Å²) < 4.78 is 10.8. The van der Waals surface area contributed by atoms with Crippen molar-refractivity contribution < 1.29 is 19.4 Å². The van der Waals surface area contributed by atoms with Crippen LogP contribution in [0.2, 0.25) is 0 Å². The number of aliphatic hydroxyl groups is 1. The Labute approximate surface area is 142 Å². The molecule has 3 aliphatic carbocycles. The van der Waals surface area contributed by atoms with Crippen molar-refractivity contribution >= 4 is 5.97 Å². The van der Waals surface area contributed by atoms with E-state index in [2.05, 4.69) is 18.2 Å². The first kappa shape index (κ1) is 14.8. The number of carbonyl (C=O) groups excluding carboxylic acids is 1. The van der Waals surface area contributed by atoms with E-state index >= 15 is 0 Å². The van der Waals surface area contributed by atoms with Crippen LogP contribution in [0.25, 0.3) is 0 Å². The number of esters is 1. The highest BCUT2D eigenvalue weighted by Gasteiger charge is 2.63. The smallest absolute Gasteiger partial charge is 0.309 e. The zero-order valence-electron chi connectivity index (χ0n) is 14.0. The van der Waals surface area contributed by atoms with E-state index in [-0.39, 0.29) is 24.4 Å². The van der Waals surface area contributed by atoms with Crippen molar-refractivity contribution in [3.05, 3.63) is 29.3 Å². The van der Waals surface area contributed by atoms with Crippen LogP contribution in [0.1, 0.15) is 49.1 Å². The van der Waals surface area contributed by atoms with Crippen molar-refractivity contribution in [3.8, 4) is 5.75 Å². The summed E-state index contributed by atoms with van der Waals surface area (Å²) in [4.78, 5) is 11.6. The first-order valence-electron chi connectivity index (χ1n) is 9.19. The third-order valence-corrected chi connectivity index (χ3v) is 7.26. The highest BCUT2D eigenvalue weighted by Crippen LogP contribution is 2.60. The Balaban J connectivity index is 1.46. The van der Waals surface area contributed by atoms with Crippen molar-refractivity contribution in [1.82, 2.24) is 0 Å². The third-order valence-electron chi connectivity index (χ3n) is 7.26. The molecule has 1 N–H and O–H groups in total. The molecule has 0 spiro atoms. The number of methoxy groups -OCH3 is 1. The summed E-state index contributed by atoms with van der Waals surface area (Å²) in [7, 11) is 1.72. The van der Waals surface area contributed by atoms with E-state index < -0.39 is 5.60 Å². The van der Waals surface area contributed by atoms with Crippen LogP contribution in [0.4, 0.5) is 0 Å². The van der Waals surface area contributed by atoms with Gasteiger partial charge in [0.1, 0.15) is 17.5 Å². The second-order valence-electron chi connectivity index (χ2n) is 8.10. The molecule has 1 saturated heterocycles.